The molecule has 0 atom stereocenters. The van der Waals surface area contributed by atoms with Gasteiger partial charge in [0.25, 0.3) is 5.91 Å². The van der Waals surface area contributed by atoms with Crippen molar-refractivity contribution in [2.24, 2.45) is 10.8 Å². The lowest BCUT2D eigenvalue weighted by Crippen LogP contribution is -2.52. The number of carbonyl (C=O) groups excluding carboxylic acids is 1. The van der Waals surface area contributed by atoms with Crippen LogP contribution in [0.2, 0.25) is 0 Å². The largest absolute Gasteiger partial charge is 0.368 e. The highest BCUT2D eigenvalue weighted by Crippen LogP contribution is 2.20. The number of hydrogen-bond donors (Lipinski definition) is 2. The van der Waals surface area contributed by atoms with Crippen molar-refractivity contribution in [2.45, 2.75) is 19.8 Å². The average Bonchev–Trinajstić information content (AvgIpc) is 2.72. The third-order valence-corrected chi connectivity index (χ3v) is 4.91. The van der Waals surface area contributed by atoms with Crippen LogP contribution in [-0.2, 0) is 0 Å². The van der Waals surface area contributed by atoms with Crippen LogP contribution in [0, 0.1) is 5.82 Å². The predicted octanol–water partition coefficient (Wildman–Crippen LogP) is 2.73. The third-order valence-electron chi connectivity index (χ3n) is 4.91. The van der Waals surface area contributed by atoms with Crippen LogP contribution in [0.15, 0.2) is 53.6 Å². The van der Waals surface area contributed by atoms with Gasteiger partial charge in [-0.1, -0.05) is 38.1 Å². The van der Waals surface area contributed by atoms with Gasteiger partial charge in [-0.3, -0.25) is 4.79 Å². The quantitative estimate of drug-likeness (QED) is 0.484. The Hall–Kier alpha value is -3.09. The predicted molar refractivity (Wildman–Crippen MR) is 110 cm³/mol. The van der Waals surface area contributed by atoms with Gasteiger partial charge in [0.15, 0.2) is 0 Å². The summed E-state index contributed by atoms with van der Waals surface area (Å²) >= 11 is 0. The molecule has 148 valence electrons. The van der Waals surface area contributed by atoms with E-state index in [1.54, 1.807) is 24.3 Å². The zero-order valence-electron chi connectivity index (χ0n) is 16.2. The summed E-state index contributed by atoms with van der Waals surface area (Å²) in [5.74, 6) is 0.130. The van der Waals surface area contributed by atoms with E-state index >= 15 is 0 Å². The number of anilines is 1. The summed E-state index contributed by atoms with van der Waals surface area (Å²) in [4.78, 5) is 16.1. The Morgan fingerprint density at radius 1 is 1.07 bits per heavy atom. The molecule has 0 bridgehead atoms. The van der Waals surface area contributed by atoms with E-state index in [-0.39, 0.29) is 17.7 Å². The molecule has 1 aliphatic rings. The van der Waals surface area contributed by atoms with Gasteiger partial charge in [0.2, 0.25) is 5.96 Å². The van der Waals surface area contributed by atoms with Gasteiger partial charge in [-0.15, -0.1) is 5.10 Å². The second kappa shape index (κ2) is 8.73. The molecule has 1 amide bonds. The Kier molecular flexibility index (Phi) is 6.13. The number of rotatable bonds is 4. The number of hydrazone groups is 1. The Labute approximate surface area is 164 Å². The number of amides is 1. The number of nitrogens with zero attached hydrogens (tertiary/aromatic N) is 3. The van der Waals surface area contributed by atoms with Crippen molar-refractivity contribution in [3.05, 3.63) is 65.5 Å². The minimum Gasteiger partial charge on any atom is -0.368 e. The van der Waals surface area contributed by atoms with E-state index in [2.05, 4.69) is 24.4 Å². The molecule has 0 saturated carbocycles. The highest BCUT2D eigenvalue weighted by molar-refractivity contribution is 5.95. The fourth-order valence-corrected chi connectivity index (χ4v) is 3.15. The van der Waals surface area contributed by atoms with Crippen molar-refractivity contribution >= 4 is 17.6 Å². The van der Waals surface area contributed by atoms with Crippen molar-refractivity contribution in [3.63, 3.8) is 0 Å². The van der Waals surface area contributed by atoms with Crippen LogP contribution >= 0.6 is 0 Å². The van der Waals surface area contributed by atoms with Gasteiger partial charge in [0.05, 0.1) is 5.69 Å². The Morgan fingerprint density at radius 2 is 1.71 bits per heavy atom. The molecule has 0 aliphatic carbocycles. The Balaban J connectivity index is 1.54. The second-order valence-electron chi connectivity index (χ2n) is 7.11. The highest BCUT2D eigenvalue weighted by atomic mass is 19.1. The smallest absolute Gasteiger partial charge is 0.271 e. The topological polar surface area (TPSA) is 74.0 Å². The first kappa shape index (κ1) is 19.7. The average molecular weight is 383 g/mol. The minimum absolute atomic E-state index is 0.228. The molecule has 1 saturated heterocycles. The fourth-order valence-electron chi connectivity index (χ4n) is 3.15. The molecule has 0 aromatic heterocycles. The third kappa shape index (κ3) is 4.60. The van der Waals surface area contributed by atoms with E-state index in [1.165, 1.54) is 11.6 Å². The maximum Gasteiger partial charge on any atom is 0.271 e. The number of halogens is 1. The minimum atomic E-state index is -0.303. The number of piperazine rings is 1. The lowest BCUT2D eigenvalue weighted by Gasteiger charge is -2.36. The number of para-hydroxylation sites is 1. The number of carbonyl (C=O) groups is 1. The van der Waals surface area contributed by atoms with Crippen LogP contribution in [0.5, 0.6) is 0 Å². The van der Waals surface area contributed by atoms with Gasteiger partial charge in [-0.25, -0.2) is 9.82 Å². The molecule has 2 aromatic carbocycles. The van der Waals surface area contributed by atoms with Gasteiger partial charge >= 0.3 is 0 Å². The maximum absolute atomic E-state index is 13.9. The van der Waals surface area contributed by atoms with Crippen molar-refractivity contribution in [3.8, 4) is 0 Å². The molecule has 7 heteroatoms. The van der Waals surface area contributed by atoms with Gasteiger partial charge in [0.1, 0.15) is 5.82 Å². The lowest BCUT2D eigenvalue weighted by atomic mass is 10.0. The summed E-state index contributed by atoms with van der Waals surface area (Å²) < 4.78 is 13.9. The van der Waals surface area contributed by atoms with Gasteiger partial charge in [0, 0.05) is 31.7 Å². The summed E-state index contributed by atoms with van der Waals surface area (Å²) in [6, 6.07) is 14.2. The monoisotopic (exact) mass is 383 g/mol. The molecular formula is C21H26FN5O. The molecule has 1 fully saturated rings. The first-order valence-corrected chi connectivity index (χ1v) is 9.43. The summed E-state index contributed by atoms with van der Waals surface area (Å²) in [6.07, 6.45) is 0. The molecule has 0 unspecified atom stereocenters. The second-order valence-corrected chi connectivity index (χ2v) is 7.11. The summed E-state index contributed by atoms with van der Waals surface area (Å²) in [5, 5.41) is 4.03. The van der Waals surface area contributed by atoms with E-state index in [9.17, 15) is 9.18 Å². The SMILES string of the molecule is CC(C)c1ccc(C(=O)N/N=C(\N)N2CCN(c3ccccc3F)CC2)cc1. The number of guanidine groups is 1. The van der Waals surface area contributed by atoms with Crippen molar-refractivity contribution in [1.82, 2.24) is 10.3 Å². The maximum atomic E-state index is 13.9. The lowest BCUT2D eigenvalue weighted by molar-refractivity contribution is 0.0954. The van der Waals surface area contributed by atoms with Crippen LogP contribution in [-0.4, -0.2) is 42.9 Å². The molecule has 6 nitrogen and oxygen atoms in total. The molecular weight excluding hydrogens is 357 g/mol. The van der Waals surface area contributed by atoms with Crippen LogP contribution in [0.25, 0.3) is 0 Å². The van der Waals surface area contributed by atoms with Gasteiger partial charge in [-0.05, 0) is 35.7 Å². The number of nitrogens with two attached hydrogens (primary N) is 1. The zero-order valence-corrected chi connectivity index (χ0v) is 16.2. The van der Waals surface area contributed by atoms with Gasteiger partial charge in [-0.2, -0.15) is 0 Å². The van der Waals surface area contributed by atoms with E-state index in [0.29, 0.717) is 43.3 Å². The number of benzene rings is 2. The Morgan fingerprint density at radius 3 is 2.32 bits per heavy atom. The van der Waals surface area contributed by atoms with Crippen molar-refractivity contribution in [1.29, 1.82) is 0 Å². The molecule has 3 rings (SSSR count). The van der Waals surface area contributed by atoms with Crippen LogP contribution in [0.3, 0.4) is 0 Å². The van der Waals surface area contributed by atoms with Crippen molar-refractivity contribution < 1.29 is 9.18 Å². The van der Waals surface area contributed by atoms with Crippen LogP contribution in [0.1, 0.15) is 35.7 Å². The molecule has 28 heavy (non-hydrogen) atoms. The van der Waals surface area contributed by atoms with E-state index in [0.717, 1.165) is 0 Å². The van der Waals surface area contributed by atoms with E-state index < -0.39 is 0 Å². The first-order chi connectivity index (χ1) is 13.5. The molecule has 1 aliphatic heterocycles. The molecule has 2 aromatic rings. The molecule has 0 radical (unpaired) electrons. The number of hydrogen-bond acceptors (Lipinski definition) is 3. The highest BCUT2D eigenvalue weighted by Gasteiger charge is 2.20. The molecule has 0 spiro atoms. The van der Waals surface area contributed by atoms with Crippen molar-refractivity contribution in [2.75, 3.05) is 31.1 Å². The Bertz CT molecular complexity index is 842. The fraction of sp³-hybridized carbons (Fsp3) is 0.333. The number of nitrogens with one attached hydrogen (secondary N) is 1. The standard InChI is InChI=1S/C21H26FN5O/c1-15(2)16-7-9-17(10-8-16)20(28)24-25-21(23)27-13-11-26(12-14-27)19-6-4-3-5-18(19)22/h3-10,15H,11-14H2,1-2H3,(H2,23,25)(H,24,28). The van der Waals surface area contributed by atoms with Crippen LogP contribution in [0.4, 0.5) is 10.1 Å². The van der Waals surface area contributed by atoms with E-state index in [4.69, 9.17) is 5.73 Å². The summed E-state index contributed by atoms with van der Waals surface area (Å²) in [5.41, 5.74) is 10.8. The normalized spacial score (nSPS) is 15.1. The summed E-state index contributed by atoms with van der Waals surface area (Å²) in [6.45, 7) is 6.66. The molecule has 3 N–H and O–H groups in total. The van der Waals surface area contributed by atoms with Crippen LogP contribution < -0.4 is 16.1 Å². The van der Waals surface area contributed by atoms with Gasteiger partial charge < -0.3 is 15.5 Å². The summed E-state index contributed by atoms with van der Waals surface area (Å²) in [7, 11) is 0. The first-order valence-electron chi connectivity index (χ1n) is 9.43. The zero-order chi connectivity index (χ0) is 20.1. The molecule has 1 heterocycles. The van der Waals surface area contributed by atoms with E-state index in [1.807, 2.05) is 28.0 Å².